The first-order valence-corrected chi connectivity index (χ1v) is 11.0. The number of likely N-dealkylation sites (tertiary alicyclic amines) is 1. The zero-order valence-corrected chi connectivity index (χ0v) is 17.3. The minimum atomic E-state index is -4.40. The summed E-state index contributed by atoms with van der Waals surface area (Å²) < 4.78 is 45.3. The molecule has 5 atom stereocenters. The van der Waals surface area contributed by atoms with Crippen LogP contribution in [0.2, 0.25) is 0 Å². The predicted molar refractivity (Wildman–Crippen MR) is 107 cm³/mol. The first-order chi connectivity index (χ1) is 14.9. The highest BCUT2D eigenvalue weighted by Crippen LogP contribution is 2.45. The molecule has 0 aromatic carbocycles. The molecule has 0 radical (unpaired) electrons. The molecule has 1 saturated carbocycles. The van der Waals surface area contributed by atoms with Gasteiger partial charge in [0.25, 0.3) is 0 Å². The molecule has 7 nitrogen and oxygen atoms in total. The fourth-order valence-electron chi connectivity index (χ4n) is 5.79. The van der Waals surface area contributed by atoms with Crippen LogP contribution in [-0.2, 0) is 9.53 Å². The van der Waals surface area contributed by atoms with E-state index in [4.69, 9.17) is 4.74 Å². The van der Waals surface area contributed by atoms with Gasteiger partial charge in [-0.2, -0.15) is 13.2 Å². The van der Waals surface area contributed by atoms with Crippen molar-refractivity contribution in [1.29, 1.82) is 0 Å². The van der Waals surface area contributed by atoms with Crippen LogP contribution in [0.4, 0.5) is 19.0 Å². The Hall–Kier alpha value is -1.91. The highest BCUT2D eigenvalue weighted by molar-refractivity contribution is 5.82. The second-order valence-corrected chi connectivity index (χ2v) is 9.03. The van der Waals surface area contributed by atoms with Crippen LogP contribution in [-0.4, -0.2) is 73.4 Å². The van der Waals surface area contributed by atoms with E-state index in [2.05, 4.69) is 20.7 Å². The Morgan fingerprint density at radius 3 is 2.71 bits per heavy atom. The predicted octanol–water partition coefficient (Wildman–Crippen LogP) is 1.67. The molecule has 1 aromatic heterocycles. The number of pyridine rings is 1. The number of alkyl halides is 3. The van der Waals surface area contributed by atoms with E-state index in [-0.39, 0.29) is 23.8 Å². The van der Waals surface area contributed by atoms with Crippen LogP contribution in [0.1, 0.15) is 30.7 Å². The van der Waals surface area contributed by atoms with E-state index in [0.29, 0.717) is 26.2 Å². The molecule has 4 fully saturated rings. The standard InChI is InChI=1S/C21H28F3N5O2/c22-21(23,24)12-29-17-9-13(1-3-15(17)19-16(20(29)30)11-26-27-19)14-2-4-18(25-10-14)28-5-7-31-8-6-28/h2,4,10,13,15-17,19,26-27H,1,3,5-9,11-12H2. The number of fused-ring (bicyclic) bond motifs is 3. The number of morpholine rings is 1. The maximum Gasteiger partial charge on any atom is 0.406 e. The Labute approximate surface area is 179 Å². The highest BCUT2D eigenvalue weighted by atomic mass is 19.4. The summed E-state index contributed by atoms with van der Waals surface area (Å²) in [5.74, 6) is 0.215. The zero-order chi connectivity index (χ0) is 21.6. The number of carbonyl (C=O) groups excluding carboxylic acids is 1. The highest BCUT2D eigenvalue weighted by Gasteiger charge is 2.54. The van der Waals surface area contributed by atoms with Crippen LogP contribution < -0.4 is 15.8 Å². The Bertz CT molecular complexity index is 799. The third-order valence-corrected chi connectivity index (χ3v) is 7.28. The molecule has 0 bridgehead atoms. The number of aromatic nitrogens is 1. The second-order valence-electron chi connectivity index (χ2n) is 9.03. The second kappa shape index (κ2) is 8.22. The van der Waals surface area contributed by atoms with Gasteiger partial charge in [0.15, 0.2) is 0 Å². The molecule has 4 aliphatic rings. The van der Waals surface area contributed by atoms with Gasteiger partial charge in [0.2, 0.25) is 5.91 Å². The number of amides is 1. The lowest BCUT2D eigenvalue weighted by Crippen LogP contribution is -2.63. The largest absolute Gasteiger partial charge is 0.406 e. The summed E-state index contributed by atoms with van der Waals surface area (Å²) in [6, 6.07) is 3.52. The lowest BCUT2D eigenvalue weighted by Gasteiger charge is -2.50. The van der Waals surface area contributed by atoms with E-state index < -0.39 is 24.7 Å². The fourth-order valence-corrected chi connectivity index (χ4v) is 5.79. The number of nitrogens with zero attached hydrogens (tertiary/aromatic N) is 3. The van der Waals surface area contributed by atoms with Crippen molar-refractivity contribution in [1.82, 2.24) is 20.7 Å². The molecule has 0 spiro atoms. The van der Waals surface area contributed by atoms with Gasteiger partial charge in [0.05, 0.1) is 19.1 Å². The number of hydrazine groups is 1. The summed E-state index contributed by atoms with van der Waals surface area (Å²) in [6.45, 7) is 2.19. The van der Waals surface area contributed by atoms with Gasteiger partial charge in [0, 0.05) is 37.9 Å². The van der Waals surface area contributed by atoms with Crippen molar-refractivity contribution in [3.05, 3.63) is 23.9 Å². The van der Waals surface area contributed by atoms with E-state index in [9.17, 15) is 18.0 Å². The van der Waals surface area contributed by atoms with E-state index >= 15 is 0 Å². The Morgan fingerprint density at radius 1 is 1.19 bits per heavy atom. The summed E-state index contributed by atoms with van der Waals surface area (Å²) in [6.07, 6.45) is -0.333. The molecule has 170 valence electrons. The average Bonchev–Trinajstić information content (AvgIpc) is 3.27. The van der Waals surface area contributed by atoms with Crippen LogP contribution in [0.5, 0.6) is 0 Å². The maximum absolute atomic E-state index is 13.3. The molecule has 5 rings (SSSR count). The summed E-state index contributed by atoms with van der Waals surface area (Å²) in [7, 11) is 0. The monoisotopic (exact) mass is 439 g/mol. The van der Waals surface area contributed by atoms with Crippen molar-refractivity contribution in [2.75, 3.05) is 44.3 Å². The van der Waals surface area contributed by atoms with Crippen molar-refractivity contribution in [3.63, 3.8) is 0 Å². The summed E-state index contributed by atoms with van der Waals surface area (Å²) in [5.41, 5.74) is 7.19. The van der Waals surface area contributed by atoms with Gasteiger partial charge in [-0.15, -0.1) is 0 Å². The Kier molecular flexibility index (Phi) is 5.56. The lowest BCUT2D eigenvalue weighted by molar-refractivity contribution is -0.178. The number of carbonyl (C=O) groups is 1. The van der Waals surface area contributed by atoms with E-state index in [1.165, 1.54) is 0 Å². The first kappa shape index (κ1) is 21.0. The van der Waals surface area contributed by atoms with Crippen LogP contribution >= 0.6 is 0 Å². The topological polar surface area (TPSA) is 69.7 Å². The molecule has 1 aromatic rings. The van der Waals surface area contributed by atoms with Gasteiger partial charge >= 0.3 is 6.18 Å². The van der Waals surface area contributed by atoms with E-state index in [1.54, 1.807) is 0 Å². The number of ether oxygens (including phenoxy) is 1. The zero-order valence-electron chi connectivity index (χ0n) is 17.3. The Morgan fingerprint density at radius 2 is 2.00 bits per heavy atom. The van der Waals surface area contributed by atoms with Gasteiger partial charge in [-0.05, 0) is 42.7 Å². The van der Waals surface area contributed by atoms with Crippen molar-refractivity contribution in [3.8, 4) is 0 Å². The molecule has 31 heavy (non-hydrogen) atoms. The Balaban J connectivity index is 1.34. The fraction of sp³-hybridized carbons (Fsp3) is 0.714. The number of piperidine rings is 1. The summed E-state index contributed by atoms with van der Waals surface area (Å²) in [5, 5.41) is 0. The maximum atomic E-state index is 13.3. The lowest BCUT2D eigenvalue weighted by atomic mass is 9.67. The quantitative estimate of drug-likeness (QED) is 0.747. The van der Waals surface area contributed by atoms with Gasteiger partial charge in [-0.3, -0.25) is 15.6 Å². The van der Waals surface area contributed by atoms with Crippen molar-refractivity contribution < 1.29 is 22.7 Å². The van der Waals surface area contributed by atoms with Gasteiger partial charge < -0.3 is 14.5 Å². The molecule has 3 aliphatic heterocycles. The number of rotatable bonds is 3. The van der Waals surface area contributed by atoms with Gasteiger partial charge in [0.1, 0.15) is 12.4 Å². The van der Waals surface area contributed by atoms with Crippen molar-refractivity contribution in [2.45, 2.75) is 43.4 Å². The number of halogens is 3. The molecule has 10 heteroatoms. The van der Waals surface area contributed by atoms with Gasteiger partial charge in [-0.25, -0.2) is 4.98 Å². The molecule has 3 saturated heterocycles. The third kappa shape index (κ3) is 4.12. The molecular formula is C21H28F3N5O2. The molecule has 1 amide bonds. The molecule has 2 N–H and O–H groups in total. The van der Waals surface area contributed by atoms with E-state index in [0.717, 1.165) is 42.2 Å². The van der Waals surface area contributed by atoms with Crippen LogP contribution in [0.25, 0.3) is 0 Å². The summed E-state index contributed by atoms with van der Waals surface area (Å²) >= 11 is 0. The van der Waals surface area contributed by atoms with Crippen LogP contribution in [0.15, 0.2) is 18.3 Å². The van der Waals surface area contributed by atoms with E-state index in [1.807, 2.05) is 18.3 Å². The SMILES string of the molecule is O=C1C2CNNC2C2CCC(c3ccc(N4CCOCC4)nc3)CC2N1CC(F)(F)F. The van der Waals surface area contributed by atoms with Crippen molar-refractivity contribution in [2.24, 2.45) is 11.8 Å². The summed E-state index contributed by atoms with van der Waals surface area (Å²) in [4.78, 5) is 20.8. The van der Waals surface area contributed by atoms with Gasteiger partial charge in [-0.1, -0.05) is 6.07 Å². The van der Waals surface area contributed by atoms with Crippen LogP contribution in [0.3, 0.4) is 0 Å². The van der Waals surface area contributed by atoms with Crippen LogP contribution in [0, 0.1) is 11.8 Å². The number of hydrogen-bond acceptors (Lipinski definition) is 6. The molecule has 4 heterocycles. The number of anilines is 1. The minimum Gasteiger partial charge on any atom is -0.378 e. The molecular weight excluding hydrogens is 411 g/mol. The number of hydrogen-bond donors (Lipinski definition) is 2. The average molecular weight is 439 g/mol. The van der Waals surface area contributed by atoms with Crippen molar-refractivity contribution >= 4 is 11.7 Å². The smallest absolute Gasteiger partial charge is 0.378 e. The minimum absolute atomic E-state index is 0.0249. The normalized spacial score (nSPS) is 33.9. The molecule has 1 aliphatic carbocycles. The third-order valence-electron chi connectivity index (χ3n) is 7.28. The first-order valence-electron chi connectivity index (χ1n) is 11.0. The number of nitrogens with one attached hydrogen (secondary N) is 2. The molecule has 5 unspecified atom stereocenters.